The highest BCUT2D eigenvalue weighted by Crippen LogP contribution is 2.18. The molecule has 1 saturated heterocycles. The molecule has 1 fully saturated rings. The average molecular weight is 194 g/mol. The molecule has 0 aliphatic carbocycles. The smallest absolute Gasteiger partial charge is 0.240 e. The molecule has 0 N–H and O–H groups in total. The third-order valence-electron chi connectivity index (χ3n) is 2.16. The first-order chi connectivity index (χ1) is 5.65. The van der Waals surface area contributed by atoms with Crippen molar-refractivity contribution in [1.29, 1.82) is 0 Å². The quantitative estimate of drug-likeness (QED) is 0.608. The second-order valence-corrected chi connectivity index (χ2v) is 3.86. The van der Waals surface area contributed by atoms with Gasteiger partial charge in [-0.3, -0.25) is 9.18 Å². The van der Waals surface area contributed by atoms with Crippen LogP contribution in [-0.2, 0) is 4.79 Å². The maximum absolute atomic E-state index is 12.2. The van der Waals surface area contributed by atoms with Crippen LogP contribution >= 0.6 is 11.6 Å². The Morgan fingerprint density at radius 3 is 2.92 bits per heavy atom. The molecular formula is C8H13ClFNO. The van der Waals surface area contributed by atoms with Gasteiger partial charge in [0.1, 0.15) is 5.38 Å². The minimum Gasteiger partial charge on any atom is -0.341 e. The van der Waals surface area contributed by atoms with Crippen LogP contribution in [0.15, 0.2) is 0 Å². The van der Waals surface area contributed by atoms with Crippen molar-refractivity contribution >= 4 is 17.5 Å². The van der Waals surface area contributed by atoms with Crippen LogP contribution in [0.25, 0.3) is 0 Å². The van der Waals surface area contributed by atoms with E-state index in [-0.39, 0.29) is 18.5 Å². The molecule has 70 valence electrons. The second-order valence-electron chi connectivity index (χ2n) is 3.21. The predicted molar refractivity (Wildman–Crippen MR) is 46.0 cm³/mol. The molecule has 1 amide bonds. The first kappa shape index (κ1) is 9.78. The molecule has 0 spiro atoms. The minimum atomic E-state index is -0.483. The minimum absolute atomic E-state index is 0.0318. The number of rotatable bonds is 2. The van der Waals surface area contributed by atoms with Crippen LogP contribution in [0.5, 0.6) is 0 Å². The van der Waals surface area contributed by atoms with E-state index in [9.17, 15) is 9.18 Å². The van der Waals surface area contributed by atoms with Gasteiger partial charge in [0.15, 0.2) is 0 Å². The van der Waals surface area contributed by atoms with Crippen molar-refractivity contribution in [3.8, 4) is 0 Å². The Labute approximate surface area is 76.7 Å². The fourth-order valence-corrected chi connectivity index (χ4v) is 1.55. The van der Waals surface area contributed by atoms with E-state index in [1.165, 1.54) is 0 Å². The number of alkyl halides is 2. The summed E-state index contributed by atoms with van der Waals surface area (Å²) in [6.45, 7) is 2.50. The van der Waals surface area contributed by atoms with Crippen LogP contribution in [-0.4, -0.2) is 35.9 Å². The molecule has 1 heterocycles. The van der Waals surface area contributed by atoms with Gasteiger partial charge >= 0.3 is 0 Å². The number of halogens is 2. The molecule has 0 unspecified atom stereocenters. The zero-order chi connectivity index (χ0) is 9.14. The number of hydrogen-bond acceptors (Lipinski definition) is 1. The van der Waals surface area contributed by atoms with Gasteiger partial charge in [-0.15, -0.1) is 11.6 Å². The van der Waals surface area contributed by atoms with E-state index in [0.29, 0.717) is 13.1 Å². The summed E-state index contributed by atoms with van der Waals surface area (Å²) in [4.78, 5) is 12.9. The molecule has 1 aliphatic heterocycles. The van der Waals surface area contributed by atoms with E-state index < -0.39 is 5.38 Å². The van der Waals surface area contributed by atoms with Gasteiger partial charge in [0.25, 0.3) is 0 Å². The fraction of sp³-hybridized carbons (Fsp3) is 0.875. The van der Waals surface area contributed by atoms with Gasteiger partial charge in [-0.25, -0.2) is 0 Å². The largest absolute Gasteiger partial charge is 0.341 e. The first-order valence-corrected chi connectivity index (χ1v) is 4.57. The molecule has 12 heavy (non-hydrogen) atoms. The van der Waals surface area contributed by atoms with Gasteiger partial charge in [0.2, 0.25) is 5.91 Å². The lowest BCUT2D eigenvalue weighted by Gasteiger charge is -2.16. The van der Waals surface area contributed by atoms with Crippen molar-refractivity contribution in [3.05, 3.63) is 0 Å². The second kappa shape index (κ2) is 4.08. The van der Waals surface area contributed by atoms with Crippen LogP contribution in [0.4, 0.5) is 4.39 Å². The van der Waals surface area contributed by atoms with Gasteiger partial charge in [-0.1, -0.05) is 0 Å². The highest BCUT2D eigenvalue weighted by atomic mass is 35.5. The summed E-state index contributed by atoms with van der Waals surface area (Å²) < 4.78 is 12.2. The number of amides is 1. The Bertz CT molecular complexity index is 174. The Kier molecular flexibility index (Phi) is 3.32. The van der Waals surface area contributed by atoms with Crippen LogP contribution in [0.2, 0.25) is 0 Å². The number of hydrogen-bond donors (Lipinski definition) is 0. The summed E-state index contributed by atoms with van der Waals surface area (Å²) in [7, 11) is 0. The highest BCUT2D eigenvalue weighted by Gasteiger charge is 2.27. The molecule has 0 radical (unpaired) electrons. The molecule has 1 aliphatic rings. The SMILES string of the molecule is C[C@@H](Cl)C(=O)N1CC[C@@H](CF)C1. The summed E-state index contributed by atoms with van der Waals surface area (Å²) >= 11 is 5.61. The van der Waals surface area contributed by atoms with E-state index in [4.69, 9.17) is 11.6 Å². The third-order valence-corrected chi connectivity index (χ3v) is 2.34. The zero-order valence-corrected chi connectivity index (χ0v) is 7.85. The van der Waals surface area contributed by atoms with Crippen LogP contribution in [0.1, 0.15) is 13.3 Å². The van der Waals surface area contributed by atoms with E-state index in [2.05, 4.69) is 0 Å². The Morgan fingerprint density at radius 1 is 1.83 bits per heavy atom. The fourth-order valence-electron chi connectivity index (χ4n) is 1.41. The molecular weight excluding hydrogens is 181 g/mol. The highest BCUT2D eigenvalue weighted by molar-refractivity contribution is 6.30. The molecule has 1 rings (SSSR count). The number of carbonyl (C=O) groups is 1. The summed E-state index contributed by atoms with van der Waals surface area (Å²) in [5.74, 6) is -0.0445. The maximum Gasteiger partial charge on any atom is 0.240 e. The van der Waals surface area contributed by atoms with E-state index in [1.54, 1.807) is 11.8 Å². The van der Waals surface area contributed by atoms with Gasteiger partial charge < -0.3 is 4.90 Å². The van der Waals surface area contributed by atoms with Crippen molar-refractivity contribution in [2.45, 2.75) is 18.7 Å². The Morgan fingerprint density at radius 2 is 2.50 bits per heavy atom. The molecule has 0 bridgehead atoms. The molecule has 4 heteroatoms. The lowest BCUT2D eigenvalue weighted by molar-refractivity contribution is -0.129. The summed E-state index contributed by atoms with van der Waals surface area (Å²) in [5, 5.41) is -0.483. The summed E-state index contributed by atoms with van der Waals surface area (Å²) in [5.41, 5.74) is 0. The Balaban J connectivity index is 2.41. The topological polar surface area (TPSA) is 20.3 Å². The van der Waals surface area contributed by atoms with Gasteiger partial charge in [-0.05, 0) is 13.3 Å². The van der Waals surface area contributed by atoms with E-state index in [0.717, 1.165) is 6.42 Å². The lowest BCUT2D eigenvalue weighted by atomic mass is 10.1. The lowest BCUT2D eigenvalue weighted by Crippen LogP contribution is -2.33. The number of carbonyl (C=O) groups excluding carboxylic acids is 1. The number of nitrogens with zero attached hydrogens (tertiary/aromatic N) is 1. The molecule has 0 aromatic carbocycles. The van der Waals surface area contributed by atoms with Crippen molar-refractivity contribution in [2.24, 2.45) is 5.92 Å². The monoisotopic (exact) mass is 193 g/mol. The third kappa shape index (κ3) is 2.09. The van der Waals surface area contributed by atoms with Crippen molar-refractivity contribution < 1.29 is 9.18 Å². The van der Waals surface area contributed by atoms with E-state index in [1.807, 2.05) is 0 Å². The first-order valence-electron chi connectivity index (χ1n) is 4.14. The zero-order valence-electron chi connectivity index (χ0n) is 7.09. The number of likely N-dealkylation sites (tertiary alicyclic amines) is 1. The van der Waals surface area contributed by atoms with Gasteiger partial charge in [-0.2, -0.15) is 0 Å². The summed E-state index contributed by atoms with van der Waals surface area (Å²) in [6.07, 6.45) is 0.770. The van der Waals surface area contributed by atoms with Crippen molar-refractivity contribution in [2.75, 3.05) is 19.8 Å². The molecule has 2 nitrogen and oxygen atoms in total. The van der Waals surface area contributed by atoms with Crippen LogP contribution in [0, 0.1) is 5.92 Å². The maximum atomic E-state index is 12.2. The molecule has 0 saturated carbocycles. The molecule has 0 aromatic rings. The standard InChI is InChI=1S/C8H13ClFNO/c1-6(9)8(12)11-3-2-7(4-10)5-11/h6-7H,2-5H2,1H3/t6-,7+/m1/s1. The predicted octanol–water partition coefficient (Wildman–Crippen LogP) is 1.43. The van der Waals surface area contributed by atoms with Gasteiger partial charge in [0, 0.05) is 19.0 Å². The van der Waals surface area contributed by atoms with Crippen molar-refractivity contribution in [1.82, 2.24) is 4.90 Å². The Hall–Kier alpha value is -0.310. The van der Waals surface area contributed by atoms with Gasteiger partial charge in [0.05, 0.1) is 6.67 Å². The van der Waals surface area contributed by atoms with Crippen LogP contribution < -0.4 is 0 Å². The van der Waals surface area contributed by atoms with Crippen LogP contribution in [0.3, 0.4) is 0 Å². The van der Waals surface area contributed by atoms with Crippen molar-refractivity contribution in [3.63, 3.8) is 0 Å². The van der Waals surface area contributed by atoms with E-state index >= 15 is 0 Å². The molecule has 0 aromatic heterocycles. The summed E-state index contributed by atoms with van der Waals surface area (Å²) in [6, 6.07) is 0. The normalized spacial score (nSPS) is 25.9. The average Bonchev–Trinajstić information content (AvgIpc) is 2.50. The molecule has 2 atom stereocenters.